The quantitative estimate of drug-likeness (QED) is 0.691. The van der Waals surface area contributed by atoms with Crippen LogP contribution in [0.3, 0.4) is 0 Å². The molecular formula is C12H24N2O3. The smallest absolute Gasteiger partial charge is 0.407 e. The number of rotatable bonds is 6. The van der Waals surface area contributed by atoms with Crippen molar-refractivity contribution in [3.05, 3.63) is 0 Å². The summed E-state index contributed by atoms with van der Waals surface area (Å²) < 4.78 is 10.6. The number of ether oxygens (including phenoxy) is 2. The molecule has 0 saturated carbocycles. The van der Waals surface area contributed by atoms with Crippen LogP contribution in [0.1, 0.15) is 33.6 Å². The van der Waals surface area contributed by atoms with Gasteiger partial charge in [0, 0.05) is 19.2 Å². The fourth-order valence-electron chi connectivity index (χ4n) is 1.40. The molecule has 0 aromatic rings. The van der Waals surface area contributed by atoms with Gasteiger partial charge in [-0.25, -0.2) is 4.79 Å². The van der Waals surface area contributed by atoms with Crippen LogP contribution in [0.2, 0.25) is 0 Å². The number of alkyl carbamates (subject to hydrolysis) is 1. The fourth-order valence-corrected chi connectivity index (χ4v) is 1.40. The van der Waals surface area contributed by atoms with Gasteiger partial charge < -0.3 is 20.1 Å². The Morgan fingerprint density at radius 2 is 2.18 bits per heavy atom. The summed E-state index contributed by atoms with van der Waals surface area (Å²) in [6.45, 7) is 8.69. The Balaban J connectivity index is 1.87. The van der Waals surface area contributed by atoms with Crippen LogP contribution in [0, 0.1) is 0 Å². The van der Waals surface area contributed by atoms with Crippen molar-refractivity contribution in [2.24, 2.45) is 0 Å². The van der Waals surface area contributed by atoms with Crippen molar-refractivity contribution in [3.63, 3.8) is 0 Å². The second kappa shape index (κ2) is 6.81. The van der Waals surface area contributed by atoms with E-state index in [2.05, 4.69) is 10.6 Å². The molecule has 2 N–H and O–H groups in total. The maximum atomic E-state index is 11.3. The van der Waals surface area contributed by atoms with E-state index in [0.717, 1.165) is 19.6 Å². The monoisotopic (exact) mass is 244 g/mol. The van der Waals surface area contributed by atoms with E-state index in [-0.39, 0.29) is 6.09 Å². The van der Waals surface area contributed by atoms with Gasteiger partial charge in [-0.05, 0) is 40.2 Å². The van der Waals surface area contributed by atoms with Gasteiger partial charge in [0.05, 0.1) is 6.61 Å². The van der Waals surface area contributed by atoms with E-state index in [1.54, 1.807) is 0 Å². The lowest BCUT2D eigenvalue weighted by Gasteiger charge is -2.27. The third kappa shape index (κ3) is 7.18. The highest BCUT2D eigenvalue weighted by Crippen LogP contribution is 2.06. The van der Waals surface area contributed by atoms with E-state index in [9.17, 15) is 4.79 Å². The van der Waals surface area contributed by atoms with Crippen molar-refractivity contribution in [2.45, 2.75) is 45.3 Å². The van der Waals surface area contributed by atoms with Gasteiger partial charge in [-0.1, -0.05) is 0 Å². The predicted octanol–water partition coefficient (Wildman–Crippen LogP) is 1.28. The normalized spacial score (nSPS) is 19.6. The molecule has 1 fully saturated rings. The van der Waals surface area contributed by atoms with Crippen LogP contribution in [0.5, 0.6) is 0 Å². The molecule has 17 heavy (non-hydrogen) atoms. The minimum absolute atomic E-state index is 0.363. The lowest BCUT2D eigenvalue weighted by Crippen LogP contribution is -2.46. The zero-order valence-corrected chi connectivity index (χ0v) is 11.0. The van der Waals surface area contributed by atoms with Crippen molar-refractivity contribution in [1.29, 1.82) is 0 Å². The van der Waals surface area contributed by atoms with Crippen LogP contribution in [0.4, 0.5) is 4.79 Å². The van der Waals surface area contributed by atoms with Crippen LogP contribution >= 0.6 is 0 Å². The van der Waals surface area contributed by atoms with E-state index in [1.807, 2.05) is 20.8 Å². The summed E-state index contributed by atoms with van der Waals surface area (Å²) in [5.74, 6) is 0. The molecule has 5 heteroatoms. The summed E-state index contributed by atoms with van der Waals surface area (Å²) in [5.41, 5.74) is -0.434. The number of nitrogens with one attached hydrogen (secondary N) is 2. The van der Waals surface area contributed by atoms with Crippen molar-refractivity contribution in [1.82, 2.24) is 10.6 Å². The van der Waals surface area contributed by atoms with Gasteiger partial charge in [-0.3, -0.25) is 0 Å². The first-order valence-corrected chi connectivity index (χ1v) is 6.25. The molecule has 0 spiro atoms. The molecule has 1 aliphatic heterocycles. The Hall–Kier alpha value is -0.810. The Kier molecular flexibility index (Phi) is 5.71. The molecule has 0 radical (unpaired) electrons. The zero-order valence-electron chi connectivity index (χ0n) is 11.0. The average molecular weight is 244 g/mol. The van der Waals surface area contributed by atoms with Crippen molar-refractivity contribution in [2.75, 3.05) is 26.3 Å². The molecular weight excluding hydrogens is 220 g/mol. The second-order valence-corrected chi connectivity index (χ2v) is 5.30. The highest BCUT2D eigenvalue weighted by Gasteiger charge is 2.16. The molecule has 1 heterocycles. The Bertz CT molecular complexity index is 234. The molecule has 1 aliphatic rings. The molecule has 0 aromatic heterocycles. The van der Waals surface area contributed by atoms with Gasteiger partial charge in [0.25, 0.3) is 0 Å². The van der Waals surface area contributed by atoms with Crippen LogP contribution in [-0.4, -0.2) is 44.0 Å². The zero-order chi connectivity index (χ0) is 12.7. The van der Waals surface area contributed by atoms with Crippen molar-refractivity contribution in [3.8, 4) is 0 Å². The van der Waals surface area contributed by atoms with Gasteiger partial charge in [-0.15, -0.1) is 0 Å². The van der Waals surface area contributed by atoms with E-state index in [4.69, 9.17) is 9.47 Å². The van der Waals surface area contributed by atoms with Crippen LogP contribution in [-0.2, 0) is 9.47 Å². The molecule has 1 unspecified atom stereocenters. The van der Waals surface area contributed by atoms with Gasteiger partial charge in [0.2, 0.25) is 0 Å². The van der Waals surface area contributed by atoms with Crippen molar-refractivity contribution < 1.29 is 14.3 Å². The van der Waals surface area contributed by atoms with Crippen LogP contribution < -0.4 is 10.6 Å². The number of carbonyl (C=O) groups is 1. The van der Waals surface area contributed by atoms with Gasteiger partial charge in [0.15, 0.2) is 0 Å². The van der Waals surface area contributed by atoms with E-state index >= 15 is 0 Å². The minimum atomic E-state index is -0.434. The standard InChI is InChI=1S/C12H24N2O3/c1-12(2,3)17-11(15)14-6-4-8-16-9-10-5-7-13-10/h10,13H,4-9H2,1-3H3,(H,14,15). The molecule has 0 bridgehead atoms. The Labute approximate surface area is 103 Å². The molecule has 1 amide bonds. The number of amides is 1. The molecule has 1 saturated heterocycles. The summed E-state index contributed by atoms with van der Waals surface area (Å²) in [6.07, 6.45) is 1.65. The topological polar surface area (TPSA) is 59.6 Å². The SMILES string of the molecule is CC(C)(C)OC(=O)NCCCOCC1CCN1. The lowest BCUT2D eigenvalue weighted by molar-refractivity contribution is 0.0513. The molecule has 0 aromatic carbocycles. The molecule has 100 valence electrons. The third-order valence-corrected chi connectivity index (χ3v) is 2.38. The summed E-state index contributed by atoms with van der Waals surface area (Å²) in [7, 11) is 0. The fraction of sp³-hybridized carbons (Fsp3) is 0.917. The van der Waals surface area contributed by atoms with Crippen LogP contribution in [0.25, 0.3) is 0 Å². The molecule has 1 atom stereocenters. The Morgan fingerprint density at radius 3 is 2.71 bits per heavy atom. The molecule has 0 aliphatic carbocycles. The van der Waals surface area contributed by atoms with Gasteiger partial charge >= 0.3 is 6.09 Å². The van der Waals surface area contributed by atoms with Crippen LogP contribution in [0.15, 0.2) is 0 Å². The Morgan fingerprint density at radius 1 is 1.47 bits per heavy atom. The highest BCUT2D eigenvalue weighted by atomic mass is 16.6. The molecule has 5 nitrogen and oxygen atoms in total. The number of hydrogen-bond donors (Lipinski definition) is 2. The largest absolute Gasteiger partial charge is 0.444 e. The number of hydrogen-bond acceptors (Lipinski definition) is 4. The van der Waals surface area contributed by atoms with Gasteiger partial charge in [0.1, 0.15) is 5.60 Å². The maximum absolute atomic E-state index is 11.3. The van der Waals surface area contributed by atoms with Crippen molar-refractivity contribution >= 4 is 6.09 Å². The first-order chi connectivity index (χ1) is 7.97. The summed E-state index contributed by atoms with van der Waals surface area (Å²) in [4.78, 5) is 11.3. The predicted molar refractivity (Wildman–Crippen MR) is 66.1 cm³/mol. The maximum Gasteiger partial charge on any atom is 0.407 e. The van der Waals surface area contributed by atoms with E-state index < -0.39 is 5.60 Å². The third-order valence-electron chi connectivity index (χ3n) is 2.38. The first-order valence-electron chi connectivity index (χ1n) is 6.25. The average Bonchev–Trinajstić information content (AvgIpc) is 2.10. The minimum Gasteiger partial charge on any atom is -0.444 e. The highest BCUT2D eigenvalue weighted by molar-refractivity contribution is 5.67. The first kappa shape index (κ1) is 14.3. The van der Waals surface area contributed by atoms with Gasteiger partial charge in [-0.2, -0.15) is 0 Å². The van der Waals surface area contributed by atoms with E-state index in [0.29, 0.717) is 19.2 Å². The van der Waals surface area contributed by atoms with E-state index in [1.165, 1.54) is 6.42 Å². The molecule has 1 rings (SSSR count). The number of carbonyl (C=O) groups excluding carboxylic acids is 1. The summed E-state index contributed by atoms with van der Waals surface area (Å²) in [6, 6.07) is 0.536. The second-order valence-electron chi connectivity index (χ2n) is 5.30. The summed E-state index contributed by atoms with van der Waals surface area (Å²) >= 11 is 0. The summed E-state index contributed by atoms with van der Waals surface area (Å²) in [5, 5.41) is 5.96. The lowest BCUT2D eigenvalue weighted by atomic mass is 10.1.